The molecule has 2 rings (SSSR count). The predicted octanol–water partition coefficient (Wildman–Crippen LogP) is 2.28. The van der Waals surface area contributed by atoms with E-state index >= 15 is 0 Å². The second kappa shape index (κ2) is 5.10. The van der Waals surface area contributed by atoms with Crippen molar-refractivity contribution in [1.29, 1.82) is 0 Å². The Kier molecular flexibility index (Phi) is 3.54. The Balaban J connectivity index is 2.23. The molecule has 3 nitrogen and oxygen atoms in total. The summed E-state index contributed by atoms with van der Waals surface area (Å²) in [5.41, 5.74) is 8.49. The first-order valence-electron chi connectivity index (χ1n) is 5.30. The van der Waals surface area contributed by atoms with E-state index in [2.05, 4.69) is 4.98 Å². The molecule has 0 radical (unpaired) electrons. The summed E-state index contributed by atoms with van der Waals surface area (Å²) >= 11 is 0. The number of aromatic nitrogens is 1. The van der Waals surface area contributed by atoms with Crippen LogP contribution in [0, 0.1) is 6.92 Å². The maximum absolute atomic E-state index is 12.2. The molecule has 1 aromatic carbocycles. The van der Waals surface area contributed by atoms with Gasteiger partial charge in [0.1, 0.15) is 0 Å². The quantitative estimate of drug-likeness (QED) is 0.845. The zero-order chi connectivity index (χ0) is 12.3. The summed E-state index contributed by atoms with van der Waals surface area (Å²) in [6.07, 6.45) is 3.40. The highest BCUT2D eigenvalue weighted by Crippen LogP contribution is 2.20. The van der Waals surface area contributed by atoms with Gasteiger partial charge < -0.3 is 5.73 Å². The van der Waals surface area contributed by atoms with E-state index in [1.54, 1.807) is 18.5 Å². The van der Waals surface area contributed by atoms with Crippen molar-refractivity contribution in [1.82, 2.24) is 4.98 Å². The molecule has 2 aromatic rings. The smallest absolute Gasteiger partial charge is 0.0623 e. The molecule has 1 unspecified atom stereocenters. The van der Waals surface area contributed by atoms with Gasteiger partial charge in [-0.3, -0.25) is 9.19 Å². The third-order valence-electron chi connectivity index (χ3n) is 2.46. The lowest BCUT2D eigenvalue weighted by Crippen LogP contribution is -2.01. The Bertz CT molecular complexity index is 540. The molecule has 4 heteroatoms. The number of hydrogen-bond donors (Lipinski definition) is 1. The second-order valence-corrected chi connectivity index (χ2v) is 5.31. The van der Waals surface area contributed by atoms with E-state index in [-0.39, 0.29) is 0 Å². The Hall–Kier alpha value is -1.68. The first kappa shape index (κ1) is 11.8. The predicted molar refractivity (Wildman–Crippen MR) is 69.9 cm³/mol. The maximum Gasteiger partial charge on any atom is 0.0623 e. The van der Waals surface area contributed by atoms with Gasteiger partial charge in [0.2, 0.25) is 0 Å². The average molecular weight is 246 g/mol. The van der Waals surface area contributed by atoms with Gasteiger partial charge in [0.25, 0.3) is 0 Å². The number of nitrogen functional groups attached to an aromatic ring is 1. The SMILES string of the molecule is Cc1ccc(N)c(S(=O)Cc2ccncc2)c1. The Morgan fingerprint density at radius 2 is 1.94 bits per heavy atom. The van der Waals surface area contributed by atoms with Gasteiger partial charge in [-0.15, -0.1) is 0 Å². The summed E-state index contributed by atoms with van der Waals surface area (Å²) < 4.78 is 12.2. The first-order chi connectivity index (χ1) is 8.16. The molecule has 0 aliphatic rings. The number of nitrogens with zero attached hydrogens (tertiary/aromatic N) is 1. The van der Waals surface area contributed by atoms with Crippen molar-refractivity contribution in [2.75, 3.05) is 5.73 Å². The zero-order valence-corrected chi connectivity index (χ0v) is 10.4. The van der Waals surface area contributed by atoms with E-state index in [1.165, 1.54) is 0 Å². The average Bonchev–Trinajstić information content (AvgIpc) is 2.33. The van der Waals surface area contributed by atoms with Crippen LogP contribution in [-0.4, -0.2) is 9.19 Å². The minimum absolute atomic E-state index is 0.468. The summed E-state index contributed by atoms with van der Waals surface area (Å²) in [7, 11) is -1.11. The van der Waals surface area contributed by atoms with Crippen molar-refractivity contribution in [3.8, 4) is 0 Å². The molecule has 0 bridgehead atoms. The summed E-state index contributed by atoms with van der Waals surface area (Å²) in [5.74, 6) is 0.468. The van der Waals surface area contributed by atoms with E-state index in [4.69, 9.17) is 5.73 Å². The van der Waals surface area contributed by atoms with E-state index < -0.39 is 10.8 Å². The molecule has 2 N–H and O–H groups in total. The second-order valence-electron chi connectivity index (χ2n) is 3.89. The molecule has 0 saturated heterocycles. The third-order valence-corrected chi connectivity index (χ3v) is 3.90. The molecule has 1 heterocycles. The van der Waals surface area contributed by atoms with E-state index in [9.17, 15) is 4.21 Å². The highest BCUT2D eigenvalue weighted by atomic mass is 32.2. The number of rotatable bonds is 3. The van der Waals surface area contributed by atoms with Gasteiger partial charge in [-0.2, -0.15) is 0 Å². The van der Waals surface area contributed by atoms with Crippen LogP contribution in [0.4, 0.5) is 5.69 Å². The van der Waals surface area contributed by atoms with Gasteiger partial charge in [-0.1, -0.05) is 6.07 Å². The molecular formula is C13H14N2OS. The van der Waals surface area contributed by atoms with Crippen molar-refractivity contribution in [2.24, 2.45) is 0 Å². The van der Waals surface area contributed by atoms with Crippen LogP contribution in [0.5, 0.6) is 0 Å². The number of aryl methyl sites for hydroxylation is 1. The summed E-state index contributed by atoms with van der Waals surface area (Å²) in [4.78, 5) is 4.64. The number of hydrogen-bond acceptors (Lipinski definition) is 3. The van der Waals surface area contributed by atoms with Crippen LogP contribution in [0.3, 0.4) is 0 Å². The summed E-state index contributed by atoms with van der Waals surface area (Å²) in [5, 5.41) is 0. The molecule has 17 heavy (non-hydrogen) atoms. The molecule has 1 aromatic heterocycles. The van der Waals surface area contributed by atoms with Gasteiger partial charge in [0.05, 0.1) is 21.4 Å². The number of benzene rings is 1. The molecule has 0 aliphatic carbocycles. The number of anilines is 1. The Labute approximate surface area is 103 Å². The van der Waals surface area contributed by atoms with Crippen LogP contribution in [0.25, 0.3) is 0 Å². The lowest BCUT2D eigenvalue weighted by atomic mass is 10.2. The van der Waals surface area contributed by atoms with Crippen molar-refractivity contribution < 1.29 is 4.21 Å². The highest BCUT2D eigenvalue weighted by molar-refractivity contribution is 7.84. The van der Waals surface area contributed by atoms with Crippen LogP contribution in [0.1, 0.15) is 11.1 Å². The first-order valence-corrected chi connectivity index (χ1v) is 6.62. The molecule has 88 valence electrons. The molecular weight excluding hydrogens is 232 g/mol. The fourth-order valence-corrected chi connectivity index (χ4v) is 2.85. The molecule has 0 fully saturated rings. The van der Waals surface area contributed by atoms with Crippen LogP contribution < -0.4 is 5.73 Å². The minimum atomic E-state index is -1.11. The van der Waals surface area contributed by atoms with Crippen molar-refractivity contribution >= 4 is 16.5 Å². The maximum atomic E-state index is 12.2. The van der Waals surface area contributed by atoms with Crippen molar-refractivity contribution in [2.45, 2.75) is 17.6 Å². The Morgan fingerprint density at radius 3 is 2.65 bits per heavy atom. The lowest BCUT2D eigenvalue weighted by molar-refractivity contribution is 0.683. The van der Waals surface area contributed by atoms with Crippen LogP contribution in [0.2, 0.25) is 0 Å². The van der Waals surface area contributed by atoms with Crippen LogP contribution >= 0.6 is 0 Å². The van der Waals surface area contributed by atoms with E-state index in [0.717, 1.165) is 11.1 Å². The standard InChI is InChI=1S/C13H14N2OS/c1-10-2-3-12(14)13(8-10)17(16)9-11-4-6-15-7-5-11/h2-8H,9,14H2,1H3. The van der Waals surface area contributed by atoms with Crippen LogP contribution in [0.15, 0.2) is 47.6 Å². The lowest BCUT2D eigenvalue weighted by Gasteiger charge is -2.06. The number of pyridine rings is 1. The molecule has 1 atom stereocenters. The third kappa shape index (κ3) is 2.91. The summed E-state index contributed by atoms with van der Waals surface area (Å²) in [6, 6.07) is 9.33. The molecule has 0 saturated carbocycles. The van der Waals surface area contributed by atoms with Gasteiger partial charge in [0.15, 0.2) is 0 Å². The fourth-order valence-electron chi connectivity index (χ4n) is 1.55. The zero-order valence-electron chi connectivity index (χ0n) is 9.59. The highest BCUT2D eigenvalue weighted by Gasteiger charge is 2.09. The molecule has 0 aliphatic heterocycles. The number of nitrogens with two attached hydrogens (primary N) is 1. The van der Waals surface area contributed by atoms with Gasteiger partial charge in [0, 0.05) is 18.1 Å². The normalized spacial score (nSPS) is 12.3. The molecule has 0 spiro atoms. The minimum Gasteiger partial charge on any atom is -0.398 e. The van der Waals surface area contributed by atoms with E-state index in [0.29, 0.717) is 16.3 Å². The monoisotopic (exact) mass is 246 g/mol. The van der Waals surface area contributed by atoms with Crippen molar-refractivity contribution in [3.63, 3.8) is 0 Å². The molecule has 0 amide bonds. The van der Waals surface area contributed by atoms with Gasteiger partial charge in [-0.05, 0) is 42.3 Å². The largest absolute Gasteiger partial charge is 0.398 e. The van der Waals surface area contributed by atoms with Gasteiger partial charge >= 0.3 is 0 Å². The summed E-state index contributed by atoms with van der Waals surface area (Å²) in [6.45, 7) is 1.96. The Morgan fingerprint density at radius 1 is 1.24 bits per heavy atom. The topological polar surface area (TPSA) is 56.0 Å². The van der Waals surface area contributed by atoms with Gasteiger partial charge in [-0.25, -0.2) is 0 Å². The van der Waals surface area contributed by atoms with Crippen molar-refractivity contribution in [3.05, 3.63) is 53.9 Å². The fraction of sp³-hybridized carbons (Fsp3) is 0.154. The van der Waals surface area contributed by atoms with Crippen LogP contribution in [-0.2, 0) is 16.6 Å². The van der Waals surface area contributed by atoms with E-state index in [1.807, 2.05) is 31.2 Å².